The Bertz CT molecular complexity index is 977. The molecule has 28 heavy (non-hydrogen) atoms. The lowest BCUT2D eigenvalue weighted by Gasteiger charge is -2.29. The van der Waals surface area contributed by atoms with Crippen LogP contribution in [0.2, 0.25) is 10.0 Å². The third kappa shape index (κ3) is 3.21. The second-order valence-electron chi connectivity index (χ2n) is 7.11. The molecule has 2 amide bonds. The van der Waals surface area contributed by atoms with Crippen LogP contribution in [-0.2, 0) is 9.59 Å². The van der Waals surface area contributed by atoms with Crippen molar-refractivity contribution in [2.45, 2.75) is 26.2 Å². The molecule has 0 aliphatic carbocycles. The van der Waals surface area contributed by atoms with Crippen molar-refractivity contribution in [1.29, 1.82) is 0 Å². The van der Waals surface area contributed by atoms with Crippen molar-refractivity contribution in [3.8, 4) is 0 Å². The Morgan fingerprint density at radius 1 is 0.857 bits per heavy atom. The van der Waals surface area contributed by atoms with Crippen LogP contribution in [0.3, 0.4) is 0 Å². The Balaban J connectivity index is 1.85. The highest BCUT2D eigenvalue weighted by Gasteiger charge is 2.43. The zero-order chi connectivity index (χ0) is 19.8. The number of benzene rings is 2. The molecule has 4 rings (SSSR count). The van der Waals surface area contributed by atoms with Crippen LogP contribution in [0.1, 0.15) is 30.4 Å². The maximum Gasteiger partial charge on any atom is 0.282 e. The van der Waals surface area contributed by atoms with Gasteiger partial charge in [-0.25, -0.2) is 4.90 Å². The minimum absolute atomic E-state index is 0.290. The number of piperidine rings is 1. The summed E-state index contributed by atoms with van der Waals surface area (Å²) in [6.07, 6.45) is 3.16. The van der Waals surface area contributed by atoms with E-state index in [0.29, 0.717) is 38.1 Å². The van der Waals surface area contributed by atoms with Gasteiger partial charge >= 0.3 is 0 Å². The van der Waals surface area contributed by atoms with Crippen LogP contribution in [0.15, 0.2) is 48.2 Å². The number of likely N-dealkylation sites (tertiary alicyclic amines) is 1. The minimum Gasteiger partial charge on any atom is -0.366 e. The molecule has 0 bridgehead atoms. The number of anilines is 1. The van der Waals surface area contributed by atoms with Crippen molar-refractivity contribution in [2.75, 3.05) is 18.0 Å². The second kappa shape index (κ2) is 7.61. The number of nitrogens with zero attached hydrogens (tertiary/aromatic N) is 2. The molecule has 2 aromatic rings. The van der Waals surface area contributed by atoms with Gasteiger partial charge in [0.25, 0.3) is 11.8 Å². The predicted molar refractivity (Wildman–Crippen MR) is 112 cm³/mol. The Morgan fingerprint density at radius 3 is 2.21 bits per heavy atom. The van der Waals surface area contributed by atoms with Crippen LogP contribution in [0.4, 0.5) is 5.69 Å². The van der Waals surface area contributed by atoms with Crippen LogP contribution in [-0.4, -0.2) is 29.8 Å². The highest BCUT2D eigenvalue weighted by Crippen LogP contribution is 2.38. The molecular formula is C22H20Cl2N2O2. The topological polar surface area (TPSA) is 40.6 Å². The molecule has 0 unspecified atom stereocenters. The van der Waals surface area contributed by atoms with E-state index in [1.165, 1.54) is 4.90 Å². The van der Waals surface area contributed by atoms with E-state index in [1.807, 2.05) is 11.8 Å². The van der Waals surface area contributed by atoms with Crippen molar-refractivity contribution in [3.63, 3.8) is 0 Å². The fourth-order valence-electron chi connectivity index (χ4n) is 3.86. The summed E-state index contributed by atoms with van der Waals surface area (Å²) in [6.45, 7) is 3.36. The molecule has 0 N–H and O–H groups in total. The predicted octanol–water partition coefficient (Wildman–Crippen LogP) is 5.07. The van der Waals surface area contributed by atoms with E-state index in [9.17, 15) is 9.59 Å². The summed E-state index contributed by atoms with van der Waals surface area (Å²) in [5, 5.41) is 1.11. The largest absolute Gasteiger partial charge is 0.366 e. The van der Waals surface area contributed by atoms with Gasteiger partial charge in [0.05, 0.1) is 11.3 Å². The highest BCUT2D eigenvalue weighted by molar-refractivity contribution is 6.46. The Labute approximate surface area is 174 Å². The van der Waals surface area contributed by atoms with Gasteiger partial charge in [0.2, 0.25) is 0 Å². The van der Waals surface area contributed by atoms with Gasteiger partial charge in [0.1, 0.15) is 5.70 Å². The van der Waals surface area contributed by atoms with Gasteiger partial charge in [0, 0.05) is 23.1 Å². The van der Waals surface area contributed by atoms with Crippen molar-refractivity contribution in [2.24, 2.45) is 0 Å². The number of carbonyl (C=O) groups is 2. The summed E-state index contributed by atoms with van der Waals surface area (Å²) < 4.78 is 0. The van der Waals surface area contributed by atoms with E-state index in [0.717, 1.165) is 32.4 Å². The number of hydrogen-bond acceptors (Lipinski definition) is 3. The molecule has 2 aliphatic heterocycles. The van der Waals surface area contributed by atoms with Crippen molar-refractivity contribution in [1.82, 2.24) is 4.90 Å². The first-order valence-corrected chi connectivity index (χ1v) is 10.1. The number of halogens is 2. The molecule has 144 valence electrons. The van der Waals surface area contributed by atoms with Gasteiger partial charge in [-0.15, -0.1) is 0 Å². The van der Waals surface area contributed by atoms with E-state index in [1.54, 1.807) is 42.5 Å². The molecule has 0 atom stereocenters. The average molecular weight is 415 g/mol. The van der Waals surface area contributed by atoms with Crippen LogP contribution >= 0.6 is 23.2 Å². The zero-order valence-electron chi connectivity index (χ0n) is 15.5. The lowest BCUT2D eigenvalue weighted by Crippen LogP contribution is -2.37. The quantitative estimate of drug-likeness (QED) is 0.657. The smallest absolute Gasteiger partial charge is 0.282 e. The Hall–Kier alpha value is -2.30. The number of carbonyl (C=O) groups excluding carboxylic acids is 2. The number of imide groups is 1. The molecule has 1 saturated heterocycles. The maximum absolute atomic E-state index is 13.5. The normalized spacial score (nSPS) is 17.7. The van der Waals surface area contributed by atoms with Gasteiger partial charge in [0.15, 0.2) is 0 Å². The summed E-state index contributed by atoms with van der Waals surface area (Å²) >= 11 is 12.3. The monoisotopic (exact) mass is 414 g/mol. The number of rotatable bonds is 3. The third-order valence-corrected chi connectivity index (χ3v) is 6.01. The van der Waals surface area contributed by atoms with Crippen molar-refractivity contribution >= 4 is 46.3 Å². The third-order valence-electron chi connectivity index (χ3n) is 5.34. The van der Waals surface area contributed by atoms with E-state index < -0.39 is 0 Å². The number of hydrogen-bond donors (Lipinski definition) is 0. The lowest BCUT2D eigenvalue weighted by atomic mass is 10.0. The van der Waals surface area contributed by atoms with Crippen LogP contribution in [0.5, 0.6) is 0 Å². The van der Waals surface area contributed by atoms with Crippen molar-refractivity contribution < 1.29 is 9.59 Å². The molecule has 2 heterocycles. The van der Waals surface area contributed by atoms with E-state index in [4.69, 9.17) is 23.2 Å². The summed E-state index contributed by atoms with van der Waals surface area (Å²) in [5.41, 5.74) is 2.85. The van der Waals surface area contributed by atoms with Crippen LogP contribution in [0.25, 0.3) is 5.57 Å². The van der Waals surface area contributed by atoms with Crippen LogP contribution in [0, 0.1) is 6.92 Å². The van der Waals surface area contributed by atoms with Gasteiger partial charge in [-0.2, -0.15) is 0 Å². The molecule has 2 aliphatic rings. The molecule has 0 aromatic heterocycles. The summed E-state index contributed by atoms with van der Waals surface area (Å²) in [7, 11) is 0. The zero-order valence-corrected chi connectivity index (χ0v) is 17.1. The van der Waals surface area contributed by atoms with Crippen LogP contribution < -0.4 is 4.90 Å². The first-order chi connectivity index (χ1) is 13.5. The Kier molecular flexibility index (Phi) is 5.17. The van der Waals surface area contributed by atoms with Gasteiger partial charge in [-0.1, -0.05) is 41.4 Å². The fourth-order valence-corrected chi connectivity index (χ4v) is 4.16. The number of amides is 2. The molecule has 0 radical (unpaired) electrons. The lowest BCUT2D eigenvalue weighted by molar-refractivity contribution is -0.120. The van der Waals surface area contributed by atoms with Gasteiger partial charge < -0.3 is 4.90 Å². The molecule has 4 nitrogen and oxygen atoms in total. The van der Waals surface area contributed by atoms with Gasteiger partial charge in [-0.3, -0.25) is 9.59 Å². The highest BCUT2D eigenvalue weighted by atomic mass is 35.5. The molecule has 0 spiro atoms. The summed E-state index contributed by atoms with van der Waals surface area (Å²) in [4.78, 5) is 30.2. The summed E-state index contributed by atoms with van der Waals surface area (Å²) in [5.74, 6) is -0.611. The van der Waals surface area contributed by atoms with E-state index in [2.05, 4.69) is 0 Å². The van der Waals surface area contributed by atoms with Gasteiger partial charge in [-0.05, 0) is 61.6 Å². The Morgan fingerprint density at radius 2 is 1.54 bits per heavy atom. The first-order valence-electron chi connectivity index (χ1n) is 9.38. The molecule has 6 heteroatoms. The minimum atomic E-state index is -0.321. The first kappa shape index (κ1) is 19.0. The van der Waals surface area contributed by atoms with E-state index in [-0.39, 0.29) is 11.8 Å². The maximum atomic E-state index is 13.5. The molecular weight excluding hydrogens is 395 g/mol. The average Bonchev–Trinajstić information content (AvgIpc) is 2.96. The second-order valence-corrected chi connectivity index (χ2v) is 7.95. The molecule has 1 fully saturated rings. The van der Waals surface area contributed by atoms with E-state index >= 15 is 0 Å². The molecule has 0 saturated carbocycles. The SMILES string of the molecule is Cc1c(Cl)cccc1N1C(=O)C(c2ccc(Cl)cc2)=C(N2CCCCC2)C1=O. The standard InChI is InChI=1S/C22H20Cl2N2O2/c1-14-17(24)6-5-7-18(14)26-21(27)19(15-8-10-16(23)11-9-15)20(22(26)28)25-12-3-2-4-13-25/h5-11H,2-4,12-13H2,1H3. The summed E-state index contributed by atoms with van der Waals surface area (Å²) in [6, 6.07) is 12.3. The fraction of sp³-hybridized carbons (Fsp3) is 0.273. The van der Waals surface area contributed by atoms with Crippen molar-refractivity contribution in [3.05, 3.63) is 69.3 Å². The molecule has 2 aromatic carbocycles.